The molecule has 0 fully saturated rings. The van der Waals surface area contributed by atoms with E-state index in [2.05, 4.69) is 10.3 Å². The summed E-state index contributed by atoms with van der Waals surface area (Å²) in [5.74, 6) is -0.569. The van der Waals surface area contributed by atoms with E-state index in [1.54, 1.807) is 18.4 Å². The lowest BCUT2D eigenvalue weighted by atomic mass is 10.1. The molecule has 0 aliphatic heterocycles. The van der Waals surface area contributed by atoms with E-state index in [-0.39, 0.29) is 18.3 Å². The Morgan fingerprint density at radius 3 is 2.77 bits per heavy atom. The van der Waals surface area contributed by atoms with Gasteiger partial charge in [-0.15, -0.1) is 11.3 Å². The van der Waals surface area contributed by atoms with E-state index in [1.807, 2.05) is 48.1 Å². The molecule has 0 saturated heterocycles. The minimum Gasteiger partial charge on any atom is -0.466 e. The molecule has 26 heavy (non-hydrogen) atoms. The van der Waals surface area contributed by atoms with Gasteiger partial charge in [0.25, 0.3) is 5.91 Å². The van der Waals surface area contributed by atoms with Crippen LogP contribution in [0.3, 0.4) is 0 Å². The Morgan fingerprint density at radius 1 is 1.27 bits per heavy atom. The van der Waals surface area contributed by atoms with Crippen LogP contribution in [0, 0.1) is 6.92 Å². The maximum atomic E-state index is 12.5. The van der Waals surface area contributed by atoms with Crippen LogP contribution in [0.5, 0.6) is 0 Å². The molecule has 3 rings (SSSR count). The zero-order valence-corrected chi connectivity index (χ0v) is 15.4. The van der Waals surface area contributed by atoms with Gasteiger partial charge in [-0.05, 0) is 43.7 Å². The average Bonchev–Trinajstić information content (AvgIpc) is 3.27. The van der Waals surface area contributed by atoms with E-state index in [4.69, 9.17) is 4.74 Å². The Morgan fingerprint density at radius 2 is 2.04 bits per heavy atom. The van der Waals surface area contributed by atoms with Crippen molar-refractivity contribution in [2.75, 3.05) is 11.9 Å². The molecule has 134 valence electrons. The number of nitrogens with zero attached hydrogens (tertiary/aromatic N) is 2. The molecular weight excluding hydrogens is 350 g/mol. The van der Waals surface area contributed by atoms with Crippen LogP contribution in [-0.2, 0) is 16.0 Å². The molecule has 1 N–H and O–H groups in total. The van der Waals surface area contributed by atoms with Crippen molar-refractivity contribution >= 4 is 28.3 Å². The summed E-state index contributed by atoms with van der Waals surface area (Å²) in [4.78, 5) is 28.3. The van der Waals surface area contributed by atoms with E-state index in [9.17, 15) is 9.59 Å². The number of carbonyl (C=O) groups excluding carboxylic acids is 2. The number of aromatic nitrogens is 2. The van der Waals surface area contributed by atoms with Gasteiger partial charge in [-0.2, -0.15) is 0 Å². The lowest BCUT2D eigenvalue weighted by Crippen LogP contribution is -2.13. The fourth-order valence-electron chi connectivity index (χ4n) is 2.50. The SMILES string of the molecule is CCOC(=O)Cc1csc(NC(=O)c2ccc(C)c(-n3cccc3)c2)n1. The second-order valence-corrected chi connectivity index (χ2v) is 6.53. The highest BCUT2D eigenvalue weighted by atomic mass is 32.1. The third-order valence-electron chi connectivity index (χ3n) is 3.76. The van der Waals surface area contributed by atoms with Gasteiger partial charge < -0.3 is 9.30 Å². The quantitative estimate of drug-likeness (QED) is 0.674. The number of ether oxygens (including phenoxy) is 1. The minimum atomic E-state index is -0.328. The average molecular weight is 369 g/mol. The first-order chi connectivity index (χ1) is 12.6. The Balaban J connectivity index is 1.72. The summed E-state index contributed by atoms with van der Waals surface area (Å²) >= 11 is 1.28. The van der Waals surface area contributed by atoms with Gasteiger partial charge >= 0.3 is 5.97 Å². The van der Waals surface area contributed by atoms with Crippen LogP contribution < -0.4 is 5.32 Å². The fraction of sp³-hybridized carbons (Fsp3) is 0.211. The molecule has 2 heterocycles. The van der Waals surface area contributed by atoms with Crippen molar-refractivity contribution in [3.8, 4) is 5.69 Å². The number of esters is 1. The molecule has 2 aromatic heterocycles. The maximum Gasteiger partial charge on any atom is 0.311 e. The van der Waals surface area contributed by atoms with Crippen LogP contribution in [0.2, 0.25) is 0 Å². The third kappa shape index (κ3) is 4.18. The molecule has 7 heteroatoms. The van der Waals surface area contributed by atoms with Gasteiger partial charge in [-0.1, -0.05) is 6.07 Å². The molecular formula is C19H19N3O3S. The number of hydrogen-bond acceptors (Lipinski definition) is 5. The van der Waals surface area contributed by atoms with Gasteiger partial charge in [0.2, 0.25) is 0 Å². The number of carbonyl (C=O) groups is 2. The van der Waals surface area contributed by atoms with Crippen molar-refractivity contribution in [3.05, 3.63) is 64.9 Å². The molecule has 1 amide bonds. The Hall–Kier alpha value is -2.93. The highest BCUT2D eigenvalue weighted by Crippen LogP contribution is 2.20. The van der Waals surface area contributed by atoms with Gasteiger partial charge in [-0.3, -0.25) is 14.9 Å². The molecule has 0 spiro atoms. The largest absolute Gasteiger partial charge is 0.466 e. The molecule has 0 bridgehead atoms. The van der Waals surface area contributed by atoms with E-state index in [0.717, 1.165) is 11.3 Å². The summed E-state index contributed by atoms with van der Waals surface area (Å²) in [6.07, 6.45) is 3.97. The van der Waals surface area contributed by atoms with Gasteiger partial charge in [0.05, 0.1) is 18.7 Å². The molecule has 6 nitrogen and oxygen atoms in total. The lowest BCUT2D eigenvalue weighted by Gasteiger charge is -2.10. The number of rotatable bonds is 6. The highest BCUT2D eigenvalue weighted by molar-refractivity contribution is 7.14. The van der Waals surface area contributed by atoms with Crippen LogP contribution >= 0.6 is 11.3 Å². The number of hydrogen-bond donors (Lipinski definition) is 1. The first-order valence-corrected chi connectivity index (χ1v) is 9.10. The molecule has 0 atom stereocenters. The summed E-state index contributed by atoms with van der Waals surface area (Å²) in [7, 11) is 0. The van der Waals surface area contributed by atoms with Crippen molar-refractivity contribution in [2.24, 2.45) is 0 Å². The van der Waals surface area contributed by atoms with Crippen molar-refractivity contribution in [2.45, 2.75) is 20.3 Å². The predicted molar refractivity (Wildman–Crippen MR) is 101 cm³/mol. The summed E-state index contributed by atoms with van der Waals surface area (Å²) in [5.41, 5.74) is 3.15. The zero-order valence-electron chi connectivity index (χ0n) is 14.6. The molecule has 0 aliphatic rings. The number of benzene rings is 1. The molecule has 0 unspecified atom stereocenters. The monoisotopic (exact) mass is 369 g/mol. The summed E-state index contributed by atoms with van der Waals surface area (Å²) < 4.78 is 6.87. The van der Waals surface area contributed by atoms with E-state index < -0.39 is 0 Å². The van der Waals surface area contributed by atoms with Gasteiger partial charge in [0.1, 0.15) is 0 Å². The Labute approximate surface area is 155 Å². The van der Waals surface area contributed by atoms with Crippen molar-refractivity contribution in [1.82, 2.24) is 9.55 Å². The number of anilines is 1. The topological polar surface area (TPSA) is 73.2 Å². The zero-order chi connectivity index (χ0) is 18.5. The van der Waals surface area contributed by atoms with Gasteiger partial charge in [-0.25, -0.2) is 4.98 Å². The van der Waals surface area contributed by atoms with E-state index in [0.29, 0.717) is 23.0 Å². The standard InChI is InChI=1S/C19H19N3O3S/c1-3-25-17(23)11-15-12-26-19(20-15)21-18(24)14-7-6-13(2)16(10-14)22-8-4-5-9-22/h4-10,12H,3,11H2,1-2H3,(H,20,21,24). The van der Waals surface area contributed by atoms with Crippen LogP contribution in [0.25, 0.3) is 5.69 Å². The molecule has 3 aromatic rings. The first kappa shape index (κ1) is 17.9. The fourth-order valence-corrected chi connectivity index (χ4v) is 3.20. The van der Waals surface area contributed by atoms with Crippen LogP contribution in [0.1, 0.15) is 28.5 Å². The molecule has 0 saturated carbocycles. The normalized spacial score (nSPS) is 10.5. The predicted octanol–water partition coefficient (Wildman–Crippen LogP) is 3.60. The first-order valence-electron chi connectivity index (χ1n) is 8.22. The number of aryl methyl sites for hydroxylation is 1. The van der Waals surface area contributed by atoms with Crippen LogP contribution in [0.15, 0.2) is 48.1 Å². The smallest absolute Gasteiger partial charge is 0.311 e. The Kier molecular flexibility index (Phi) is 5.48. The third-order valence-corrected chi connectivity index (χ3v) is 4.56. The summed E-state index contributed by atoms with van der Waals surface area (Å²) in [6, 6.07) is 9.42. The molecule has 0 aliphatic carbocycles. The second-order valence-electron chi connectivity index (χ2n) is 5.67. The van der Waals surface area contributed by atoms with Crippen molar-refractivity contribution in [3.63, 3.8) is 0 Å². The lowest BCUT2D eigenvalue weighted by molar-refractivity contribution is -0.142. The highest BCUT2D eigenvalue weighted by Gasteiger charge is 2.13. The maximum absolute atomic E-state index is 12.5. The second kappa shape index (κ2) is 7.97. The summed E-state index contributed by atoms with van der Waals surface area (Å²) in [6.45, 7) is 4.09. The van der Waals surface area contributed by atoms with E-state index in [1.165, 1.54) is 11.3 Å². The van der Waals surface area contributed by atoms with Crippen LogP contribution in [0.4, 0.5) is 5.13 Å². The van der Waals surface area contributed by atoms with Crippen molar-refractivity contribution in [1.29, 1.82) is 0 Å². The van der Waals surface area contributed by atoms with Crippen molar-refractivity contribution < 1.29 is 14.3 Å². The number of amides is 1. The van der Waals surface area contributed by atoms with E-state index >= 15 is 0 Å². The molecule has 1 aromatic carbocycles. The summed E-state index contributed by atoms with van der Waals surface area (Å²) in [5, 5.41) is 4.98. The van der Waals surface area contributed by atoms with Gasteiger partial charge in [0, 0.05) is 29.0 Å². The van der Waals surface area contributed by atoms with Crippen LogP contribution in [-0.4, -0.2) is 28.0 Å². The number of nitrogens with one attached hydrogen (secondary N) is 1. The Bertz CT molecular complexity index is 916. The van der Waals surface area contributed by atoms with Gasteiger partial charge in [0.15, 0.2) is 5.13 Å². The number of thiazole rings is 1. The molecule has 0 radical (unpaired) electrons. The minimum absolute atomic E-state index is 0.0997.